The first-order valence-corrected chi connectivity index (χ1v) is 8.00. The van der Waals surface area contributed by atoms with Gasteiger partial charge in [-0.3, -0.25) is 0 Å². The summed E-state index contributed by atoms with van der Waals surface area (Å²) >= 11 is 5.66. The first-order valence-electron chi connectivity index (χ1n) is 7.62. The molecule has 0 heterocycles. The van der Waals surface area contributed by atoms with Gasteiger partial charge in [0.05, 0.1) is 11.6 Å². The maximum atomic E-state index is 13.5. The van der Waals surface area contributed by atoms with Gasteiger partial charge in [-0.15, -0.1) is 0 Å². The number of hydrogen-bond acceptors (Lipinski definition) is 2. The van der Waals surface area contributed by atoms with E-state index in [1.165, 1.54) is 6.07 Å². The van der Waals surface area contributed by atoms with Gasteiger partial charge in [0.2, 0.25) is 0 Å². The molecule has 0 saturated carbocycles. The van der Waals surface area contributed by atoms with E-state index in [9.17, 15) is 4.39 Å². The molecule has 1 aromatic carbocycles. The van der Waals surface area contributed by atoms with Crippen LogP contribution in [0.1, 0.15) is 59.6 Å². The van der Waals surface area contributed by atoms with E-state index in [2.05, 4.69) is 11.9 Å². The highest BCUT2D eigenvalue weighted by atomic mass is 35.5. The van der Waals surface area contributed by atoms with Gasteiger partial charge in [0.15, 0.2) is 0 Å². The minimum Gasteiger partial charge on any atom is -0.384 e. The van der Waals surface area contributed by atoms with Crippen molar-refractivity contribution in [3.05, 3.63) is 47.4 Å². The molecular weight excluding hydrogens is 301 g/mol. The number of rotatable bonds is 4. The molecule has 1 rings (SSSR count). The SMILES string of the molecule is C=CNC(CC)c1ccc(Cl)cc1F.CC.COC(C)(C)C. The van der Waals surface area contributed by atoms with Crippen LogP contribution in [-0.2, 0) is 4.74 Å². The van der Waals surface area contributed by atoms with E-state index in [4.69, 9.17) is 16.3 Å². The maximum absolute atomic E-state index is 13.5. The van der Waals surface area contributed by atoms with E-state index in [-0.39, 0.29) is 17.5 Å². The van der Waals surface area contributed by atoms with Crippen LogP contribution in [0.5, 0.6) is 0 Å². The Kier molecular flexibility index (Phi) is 13.2. The van der Waals surface area contributed by atoms with Gasteiger partial charge in [-0.25, -0.2) is 4.39 Å². The standard InChI is InChI=1S/C11H13ClFN.C5H12O.C2H6/c1-3-11(14-4-2)9-6-5-8(12)7-10(9)13;1-5(2,3)6-4;1-2/h4-7,11,14H,2-3H2,1H3;1-4H3;1-2H3. The molecule has 0 saturated heterocycles. The highest BCUT2D eigenvalue weighted by Crippen LogP contribution is 2.22. The lowest BCUT2D eigenvalue weighted by Gasteiger charge is -2.16. The zero-order valence-corrected chi connectivity index (χ0v) is 15.7. The summed E-state index contributed by atoms with van der Waals surface area (Å²) in [4.78, 5) is 0. The van der Waals surface area contributed by atoms with E-state index < -0.39 is 0 Å². The molecule has 0 aliphatic heterocycles. The van der Waals surface area contributed by atoms with Gasteiger partial charge in [-0.05, 0) is 45.5 Å². The van der Waals surface area contributed by atoms with Crippen molar-refractivity contribution in [2.24, 2.45) is 0 Å². The van der Waals surface area contributed by atoms with Gasteiger partial charge in [0.1, 0.15) is 5.82 Å². The summed E-state index contributed by atoms with van der Waals surface area (Å²) in [6.45, 7) is 15.6. The zero-order chi connectivity index (χ0) is 17.8. The average molecular weight is 332 g/mol. The Morgan fingerprint density at radius 1 is 1.36 bits per heavy atom. The van der Waals surface area contributed by atoms with Gasteiger partial charge >= 0.3 is 0 Å². The van der Waals surface area contributed by atoms with Gasteiger partial charge in [0.25, 0.3) is 0 Å². The van der Waals surface area contributed by atoms with E-state index in [0.29, 0.717) is 10.6 Å². The van der Waals surface area contributed by atoms with Crippen molar-refractivity contribution in [2.75, 3.05) is 7.11 Å². The van der Waals surface area contributed by atoms with Gasteiger partial charge < -0.3 is 10.1 Å². The number of methoxy groups -OCH3 is 1. The Hall–Kier alpha value is -1.06. The summed E-state index contributed by atoms with van der Waals surface area (Å²) in [7, 11) is 1.71. The van der Waals surface area contributed by atoms with E-state index in [1.807, 2.05) is 41.5 Å². The van der Waals surface area contributed by atoms with Gasteiger partial charge in [0, 0.05) is 17.7 Å². The second kappa shape index (κ2) is 12.5. The highest BCUT2D eigenvalue weighted by molar-refractivity contribution is 6.30. The minimum atomic E-state index is -0.279. The Balaban J connectivity index is 0. The van der Waals surface area contributed by atoms with E-state index >= 15 is 0 Å². The molecule has 1 atom stereocenters. The molecule has 0 aromatic heterocycles. The molecule has 4 heteroatoms. The number of hydrogen-bond donors (Lipinski definition) is 1. The Morgan fingerprint density at radius 2 is 1.86 bits per heavy atom. The molecule has 1 aromatic rings. The first-order chi connectivity index (χ1) is 10.2. The summed E-state index contributed by atoms with van der Waals surface area (Å²) < 4.78 is 18.4. The van der Waals surface area contributed by atoms with Crippen LogP contribution in [0.3, 0.4) is 0 Å². The molecule has 0 radical (unpaired) electrons. The molecule has 0 spiro atoms. The summed E-state index contributed by atoms with van der Waals surface area (Å²) in [5.41, 5.74) is 0.664. The van der Waals surface area contributed by atoms with Crippen LogP contribution in [0.2, 0.25) is 5.02 Å². The van der Waals surface area contributed by atoms with Crippen molar-refractivity contribution >= 4 is 11.6 Å². The lowest BCUT2D eigenvalue weighted by atomic mass is 10.0. The van der Waals surface area contributed by atoms with Crippen LogP contribution in [0, 0.1) is 5.82 Å². The van der Waals surface area contributed by atoms with Crippen LogP contribution < -0.4 is 5.32 Å². The van der Waals surface area contributed by atoms with Crippen molar-refractivity contribution in [2.45, 2.75) is 59.6 Å². The summed E-state index contributed by atoms with van der Waals surface area (Å²) in [6, 6.07) is 4.67. The van der Waals surface area contributed by atoms with Crippen molar-refractivity contribution in [3.63, 3.8) is 0 Å². The number of ether oxygens (including phenoxy) is 1. The van der Waals surface area contributed by atoms with Crippen LogP contribution in [0.25, 0.3) is 0 Å². The molecule has 0 aliphatic carbocycles. The average Bonchev–Trinajstić information content (AvgIpc) is 2.47. The highest BCUT2D eigenvalue weighted by Gasteiger charge is 2.12. The largest absolute Gasteiger partial charge is 0.384 e. The fourth-order valence-corrected chi connectivity index (χ4v) is 1.51. The minimum absolute atomic E-state index is 0.0373. The molecule has 128 valence electrons. The van der Waals surface area contributed by atoms with Crippen LogP contribution in [-0.4, -0.2) is 12.7 Å². The first kappa shape index (κ1) is 23.2. The Bertz CT molecular complexity index is 416. The molecule has 0 fully saturated rings. The number of benzene rings is 1. The van der Waals surface area contributed by atoms with Crippen molar-refractivity contribution in [3.8, 4) is 0 Å². The summed E-state index contributed by atoms with van der Waals surface area (Å²) in [6.07, 6.45) is 2.37. The lowest BCUT2D eigenvalue weighted by molar-refractivity contribution is 0.0397. The van der Waals surface area contributed by atoms with E-state index in [1.54, 1.807) is 25.4 Å². The quantitative estimate of drug-likeness (QED) is 0.717. The smallest absolute Gasteiger partial charge is 0.129 e. The third-order valence-electron chi connectivity index (χ3n) is 2.68. The van der Waals surface area contributed by atoms with Crippen molar-refractivity contribution < 1.29 is 9.13 Å². The second-order valence-electron chi connectivity index (χ2n) is 5.31. The Morgan fingerprint density at radius 3 is 2.18 bits per heavy atom. The topological polar surface area (TPSA) is 21.3 Å². The maximum Gasteiger partial charge on any atom is 0.129 e. The van der Waals surface area contributed by atoms with Crippen LogP contribution >= 0.6 is 11.6 Å². The fourth-order valence-electron chi connectivity index (χ4n) is 1.35. The molecule has 22 heavy (non-hydrogen) atoms. The van der Waals surface area contributed by atoms with E-state index in [0.717, 1.165) is 6.42 Å². The molecule has 1 unspecified atom stereocenters. The predicted molar refractivity (Wildman–Crippen MR) is 95.9 cm³/mol. The molecule has 1 N–H and O–H groups in total. The molecule has 0 bridgehead atoms. The molecular formula is C18H31ClFNO. The van der Waals surface area contributed by atoms with Gasteiger partial charge in [-0.2, -0.15) is 0 Å². The van der Waals surface area contributed by atoms with Crippen LogP contribution in [0.15, 0.2) is 31.0 Å². The molecule has 2 nitrogen and oxygen atoms in total. The lowest BCUT2D eigenvalue weighted by Crippen LogP contribution is -2.15. The third kappa shape index (κ3) is 10.6. The normalized spacial score (nSPS) is 11.3. The number of halogens is 2. The van der Waals surface area contributed by atoms with Crippen LogP contribution in [0.4, 0.5) is 4.39 Å². The number of nitrogens with one attached hydrogen (secondary N) is 1. The fraction of sp³-hybridized carbons (Fsp3) is 0.556. The summed E-state index contributed by atoms with van der Waals surface area (Å²) in [5.74, 6) is -0.279. The second-order valence-corrected chi connectivity index (χ2v) is 5.75. The molecule has 0 aliphatic rings. The molecule has 0 amide bonds. The van der Waals surface area contributed by atoms with Gasteiger partial charge in [-0.1, -0.05) is 45.0 Å². The zero-order valence-electron chi connectivity index (χ0n) is 15.0. The predicted octanol–water partition coefficient (Wildman–Crippen LogP) is 6.12. The monoisotopic (exact) mass is 331 g/mol. The third-order valence-corrected chi connectivity index (χ3v) is 2.91. The van der Waals surface area contributed by atoms with Crippen molar-refractivity contribution in [1.82, 2.24) is 5.32 Å². The Labute approximate surface area is 140 Å². The van der Waals surface area contributed by atoms with Crippen molar-refractivity contribution in [1.29, 1.82) is 0 Å². The summed E-state index contributed by atoms with van der Waals surface area (Å²) in [5, 5.41) is 3.41.